The maximum atomic E-state index is 2.64. The highest BCUT2D eigenvalue weighted by Gasteiger charge is 2.33. The molecule has 0 amide bonds. The molecule has 19 heavy (non-hydrogen) atoms. The lowest BCUT2D eigenvalue weighted by Gasteiger charge is -2.42. The van der Waals surface area contributed by atoms with Crippen LogP contribution in [0.3, 0.4) is 0 Å². The highest BCUT2D eigenvalue weighted by Crippen LogP contribution is 2.41. The van der Waals surface area contributed by atoms with Gasteiger partial charge in [0.15, 0.2) is 0 Å². The minimum atomic E-state index is 0.827. The van der Waals surface area contributed by atoms with Crippen LogP contribution in [-0.2, 0) is 6.42 Å². The number of fused-ring (bicyclic) bond motifs is 3. The molecule has 2 aliphatic rings. The van der Waals surface area contributed by atoms with Crippen LogP contribution in [0.25, 0.3) is 0 Å². The number of piperidine rings is 1. The predicted octanol–water partition coefficient (Wildman–Crippen LogP) is 4.00. The van der Waals surface area contributed by atoms with E-state index in [1.807, 2.05) is 0 Å². The third kappa shape index (κ3) is 2.76. The number of benzene rings is 1. The van der Waals surface area contributed by atoms with Crippen molar-refractivity contribution in [3.8, 4) is 0 Å². The standard InChI is InChI=1S/C18H25N/c1-14(2)9-11-19-12-10-18-16(13-19)8-7-15-5-3-4-6-17(15)18/h3-6,9,16,18H,7-8,10-13H2,1-2H3/t16-,18-/m1/s1. The van der Waals surface area contributed by atoms with Gasteiger partial charge in [0.25, 0.3) is 0 Å². The topological polar surface area (TPSA) is 3.24 Å². The molecule has 0 unspecified atom stereocenters. The van der Waals surface area contributed by atoms with Gasteiger partial charge in [-0.25, -0.2) is 0 Å². The first kappa shape index (κ1) is 12.9. The number of likely N-dealkylation sites (tertiary alicyclic amines) is 1. The molecule has 0 bridgehead atoms. The van der Waals surface area contributed by atoms with Gasteiger partial charge in [-0.05, 0) is 62.6 Å². The van der Waals surface area contributed by atoms with Crippen molar-refractivity contribution in [2.24, 2.45) is 5.92 Å². The van der Waals surface area contributed by atoms with Crippen molar-refractivity contribution in [2.45, 2.75) is 39.0 Å². The molecule has 0 saturated carbocycles. The molecule has 3 rings (SSSR count). The van der Waals surface area contributed by atoms with Crippen LogP contribution in [0.15, 0.2) is 35.9 Å². The zero-order chi connectivity index (χ0) is 13.2. The molecule has 1 aliphatic heterocycles. The van der Waals surface area contributed by atoms with Crippen LogP contribution in [0, 0.1) is 5.92 Å². The van der Waals surface area contributed by atoms with Gasteiger partial charge in [-0.2, -0.15) is 0 Å². The quantitative estimate of drug-likeness (QED) is 0.722. The summed E-state index contributed by atoms with van der Waals surface area (Å²) in [6.45, 7) is 8.10. The summed E-state index contributed by atoms with van der Waals surface area (Å²) in [5.41, 5.74) is 4.71. The van der Waals surface area contributed by atoms with E-state index in [0.29, 0.717) is 0 Å². The zero-order valence-corrected chi connectivity index (χ0v) is 12.2. The number of aryl methyl sites for hydroxylation is 1. The molecule has 1 aliphatic carbocycles. The van der Waals surface area contributed by atoms with Gasteiger partial charge in [-0.3, -0.25) is 4.90 Å². The van der Waals surface area contributed by atoms with Gasteiger partial charge in [0.1, 0.15) is 0 Å². The lowest BCUT2D eigenvalue weighted by Crippen LogP contribution is -2.41. The van der Waals surface area contributed by atoms with Crippen LogP contribution in [-0.4, -0.2) is 24.5 Å². The molecule has 1 nitrogen and oxygen atoms in total. The molecule has 1 saturated heterocycles. The minimum Gasteiger partial charge on any atom is -0.299 e. The number of rotatable bonds is 2. The number of allylic oxidation sites excluding steroid dienone is 1. The van der Waals surface area contributed by atoms with Crippen molar-refractivity contribution in [1.82, 2.24) is 4.90 Å². The van der Waals surface area contributed by atoms with E-state index < -0.39 is 0 Å². The number of nitrogens with zero attached hydrogens (tertiary/aromatic N) is 1. The summed E-state index contributed by atoms with van der Waals surface area (Å²) in [6, 6.07) is 9.12. The Morgan fingerprint density at radius 1 is 1.26 bits per heavy atom. The molecule has 1 aromatic rings. The summed E-state index contributed by atoms with van der Waals surface area (Å²) in [7, 11) is 0. The Bertz CT molecular complexity index is 470. The summed E-state index contributed by atoms with van der Waals surface area (Å²) in [6.07, 6.45) is 6.39. The van der Waals surface area contributed by atoms with E-state index in [4.69, 9.17) is 0 Å². The van der Waals surface area contributed by atoms with Gasteiger partial charge in [0.2, 0.25) is 0 Å². The van der Waals surface area contributed by atoms with Crippen molar-refractivity contribution < 1.29 is 0 Å². The van der Waals surface area contributed by atoms with Gasteiger partial charge >= 0.3 is 0 Å². The van der Waals surface area contributed by atoms with Crippen LogP contribution in [0.2, 0.25) is 0 Å². The fraction of sp³-hybridized carbons (Fsp3) is 0.556. The highest BCUT2D eigenvalue weighted by atomic mass is 15.1. The van der Waals surface area contributed by atoms with Gasteiger partial charge in [0.05, 0.1) is 0 Å². The SMILES string of the molecule is CC(C)=CCN1CC[C@H]2c3ccccc3CC[C@@H]2C1. The monoisotopic (exact) mass is 255 g/mol. The Morgan fingerprint density at radius 2 is 2.11 bits per heavy atom. The Morgan fingerprint density at radius 3 is 2.95 bits per heavy atom. The van der Waals surface area contributed by atoms with Crippen molar-refractivity contribution in [3.05, 3.63) is 47.0 Å². The molecule has 0 radical (unpaired) electrons. The summed E-state index contributed by atoms with van der Waals surface area (Å²) in [5, 5.41) is 0. The van der Waals surface area contributed by atoms with E-state index in [0.717, 1.165) is 18.4 Å². The molecular weight excluding hydrogens is 230 g/mol. The largest absolute Gasteiger partial charge is 0.299 e. The lowest BCUT2D eigenvalue weighted by molar-refractivity contribution is 0.154. The minimum absolute atomic E-state index is 0.827. The average molecular weight is 255 g/mol. The first-order valence-electron chi connectivity index (χ1n) is 7.67. The summed E-state index contributed by atoms with van der Waals surface area (Å²) < 4.78 is 0. The second-order valence-electron chi connectivity index (χ2n) is 6.43. The molecule has 0 N–H and O–H groups in total. The van der Waals surface area contributed by atoms with Crippen LogP contribution in [0.4, 0.5) is 0 Å². The summed E-state index contributed by atoms with van der Waals surface area (Å²) >= 11 is 0. The van der Waals surface area contributed by atoms with Crippen LogP contribution in [0.1, 0.15) is 43.7 Å². The van der Waals surface area contributed by atoms with Gasteiger partial charge in [-0.1, -0.05) is 35.9 Å². The number of hydrogen-bond donors (Lipinski definition) is 0. The Kier molecular flexibility index (Phi) is 3.74. The molecular formula is C18H25N. The first-order valence-corrected chi connectivity index (χ1v) is 7.67. The van der Waals surface area contributed by atoms with E-state index in [1.165, 1.54) is 37.9 Å². The third-order valence-corrected chi connectivity index (χ3v) is 4.81. The summed E-state index contributed by atoms with van der Waals surface area (Å²) in [5.74, 6) is 1.71. The molecule has 1 fully saturated rings. The third-order valence-electron chi connectivity index (χ3n) is 4.81. The molecule has 1 heteroatoms. The van der Waals surface area contributed by atoms with Crippen LogP contribution >= 0.6 is 0 Å². The fourth-order valence-electron chi connectivity index (χ4n) is 3.75. The second kappa shape index (κ2) is 5.50. The van der Waals surface area contributed by atoms with E-state index in [1.54, 1.807) is 11.1 Å². The van der Waals surface area contributed by atoms with Gasteiger partial charge in [-0.15, -0.1) is 0 Å². The summed E-state index contributed by atoms with van der Waals surface area (Å²) in [4.78, 5) is 2.64. The van der Waals surface area contributed by atoms with E-state index in [9.17, 15) is 0 Å². The van der Waals surface area contributed by atoms with E-state index in [-0.39, 0.29) is 0 Å². The van der Waals surface area contributed by atoms with Crippen LogP contribution < -0.4 is 0 Å². The predicted molar refractivity (Wildman–Crippen MR) is 81.5 cm³/mol. The first-order chi connectivity index (χ1) is 9.24. The molecule has 0 spiro atoms. The van der Waals surface area contributed by atoms with Gasteiger partial charge < -0.3 is 0 Å². The molecule has 2 atom stereocenters. The number of hydrogen-bond acceptors (Lipinski definition) is 1. The average Bonchev–Trinajstić information content (AvgIpc) is 2.44. The van der Waals surface area contributed by atoms with Crippen molar-refractivity contribution >= 4 is 0 Å². The molecule has 1 aromatic carbocycles. The zero-order valence-electron chi connectivity index (χ0n) is 12.2. The fourth-order valence-corrected chi connectivity index (χ4v) is 3.75. The van der Waals surface area contributed by atoms with Crippen molar-refractivity contribution in [3.63, 3.8) is 0 Å². The Hall–Kier alpha value is -1.08. The van der Waals surface area contributed by atoms with Crippen molar-refractivity contribution in [1.29, 1.82) is 0 Å². The second-order valence-corrected chi connectivity index (χ2v) is 6.43. The lowest BCUT2D eigenvalue weighted by atomic mass is 9.71. The van der Waals surface area contributed by atoms with E-state index >= 15 is 0 Å². The molecule has 0 aromatic heterocycles. The highest BCUT2D eigenvalue weighted by molar-refractivity contribution is 5.34. The molecule has 1 heterocycles. The van der Waals surface area contributed by atoms with E-state index in [2.05, 4.69) is 49.1 Å². The maximum Gasteiger partial charge on any atom is 0.0165 e. The van der Waals surface area contributed by atoms with Crippen LogP contribution in [0.5, 0.6) is 0 Å². The Labute approximate surface area is 117 Å². The smallest absolute Gasteiger partial charge is 0.0165 e. The van der Waals surface area contributed by atoms with Crippen molar-refractivity contribution in [2.75, 3.05) is 19.6 Å². The van der Waals surface area contributed by atoms with Gasteiger partial charge in [0, 0.05) is 13.1 Å². The normalized spacial score (nSPS) is 26.4. The Balaban J connectivity index is 1.71. The molecule has 102 valence electrons. The maximum absolute atomic E-state index is 2.64.